The molecular formula is C20H33N3O2S. The van der Waals surface area contributed by atoms with Crippen LogP contribution in [0.4, 0.5) is 0 Å². The maximum Gasteiger partial charge on any atom is 0.191 e. The van der Waals surface area contributed by atoms with Gasteiger partial charge in [-0.1, -0.05) is 6.07 Å². The average Bonchev–Trinajstić information content (AvgIpc) is 3.17. The van der Waals surface area contributed by atoms with E-state index in [0.717, 1.165) is 48.8 Å². The summed E-state index contributed by atoms with van der Waals surface area (Å²) in [5, 5.41) is 6.74. The van der Waals surface area contributed by atoms with Gasteiger partial charge in [-0.15, -0.1) is 0 Å². The van der Waals surface area contributed by atoms with E-state index in [4.69, 9.17) is 9.47 Å². The van der Waals surface area contributed by atoms with E-state index in [-0.39, 0.29) is 0 Å². The van der Waals surface area contributed by atoms with Gasteiger partial charge in [-0.2, -0.15) is 11.8 Å². The van der Waals surface area contributed by atoms with Crippen LogP contribution in [0.25, 0.3) is 0 Å². The van der Waals surface area contributed by atoms with E-state index in [9.17, 15) is 0 Å². The van der Waals surface area contributed by atoms with Crippen LogP contribution in [-0.2, 0) is 6.54 Å². The Labute approximate surface area is 162 Å². The highest BCUT2D eigenvalue weighted by molar-refractivity contribution is 7.98. The molecule has 0 spiro atoms. The SMILES string of the molecule is CN=C(NCCCCSC)NCc1ccc(OC)c(OC2CCCC2)c1. The van der Waals surface area contributed by atoms with Crippen molar-refractivity contribution in [3.05, 3.63) is 23.8 Å². The molecule has 0 aromatic heterocycles. The predicted octanol–water partition coefficient (Wildman–Crippen LogP) is 3.82. The molecule has 1 aliphatic carbocycles. The summed E-state index contributed by atoms with van der Waals surface area (Å²) in [5.74, 6) is 3.70. The molecule has 0 amide bonds. The smallest absolute Gasteiger partial charge is 0.191 e. The molecule has 26 heavy (non-hydrogen) atoms. The molecule has 2 rings (SSSR count). The van der Waals surface area contributed by atoms with Crippen LogP contribution >= 0.6 is 11.8 Å². The topological polar surface area (TPSA) is 54.9 Å². The normalized spacial score (nSPS) is 15.1. The van der Waals surface area contributed by atoms with Crippen molar-refractivity contribution in [1.29, 1.82) is 0 Å². The lowest BCUT2D eigenvalue weighted by Gasteiger charge is -2.17. The summed E-state index contributed by atoms with van der Waals surface area (Å²) in [6.45, 7) is 1.65. The van der Waals surface area contributed by atoms with Gasteiger partial charge < -0.3 is 20.1 Å². The van der Waals surface area contributed by atoms with Crippen LogP contribution in [0, 0.1) is 0 Å². The number of benzene rings is 1. The van der Waals surface area contributed by atoms with Gasteiger partial charge in [0.05, 0.1) is 13.2 Å². The minimum absolute atomic E-state index is 0.322. The lowest BCUT2D eigenvalue weighted by Crippen LogP contribution is -2.37. The van der Waals surface area contributed by atoms with Crippen molar-refractivity contribution < 1.29 is 9.47 Å². The van der Waals surface area contributed by atoms with Gasteiger partial charge in [0.1, 0.15) is 0 Å². The standard InChI is InChI=1S/C20H33N3O2S/c1-21-20(22-12-6-7-13-26-3)23-15-16-10-11-18(24-2)19(14-16)25-17-8-4-5-9-17/h10-11,14,17H,4-9,12-13,15H2,1-3H3,(H2,21,22,23). The number of methoxy groups -OCH3 is 1. The molecule has 2 N–H and O–H groups in total. The van der Waals surface area contributed by atoms with Crippen LogP contribution in [0.5, 0.6) is 11.5 Å². The first-order valence-corrected chi connectivity index (χ1v) is 10.9. The summed E-state index contributed by atoms with van der Waals surface area (Å²) in [4.78, 5) is 4.29. The van der Waals surface area contributed by atoms with Crippen LogP contribution in [-0.4, -0.2) is 44.8 Å². The fraction of sp³-hybridized carbons (Fsp3) is 0.650. The zero-order valence-corrected chi connectivity index (χ0v) is 17.2. The fourth-order valence-corrected chi connectivity index (χ4v) is 3.59. The minimum Gasteiger partial charge on any atom is -0.493 e. The van der Waals surface area contributed by atoms with E-state index in [1.807, 2.05) is 17.8 Å². The summed E-state index contributed by atoms with van der Waals surface area (Å²) < 4.78 is 11.6. The average molecular weight is 380 g/mol. The van der Waals surface area contributed by atoms with Gasteiger partial charge in [0, 0.05) is 20.1 Å². The van der Waals surface area contributed by atoms with Crippen molar-refractivity contribution in [2.45, 2.75) is 51.2 Å². The molecule has 5 nitrogen and oxygen atoms in total. The van der Waals surface area contributed by atoms with Crippen LogP contribution in [0.1, 0.15) is 44.1 Å². The maximum absolute atomic E-state index is 6.17. The summed E-state index contributed by atoms with van der Waals surface area (Å²) in [6, 6.07) is 6.13. The molecule has 1 aromatic rings. The van der Waals surface area contributed by atoms with E-state index in [0.29, 0.717) is 12.6 Å². The summed E-state index contributed by atoms with van der Waals surface area (Å²) in [6.07, 6.45) is 9.64. The Bertz CT molecular complexity index is 560. The van der Waals surface area contributed by atoms with Gasteiger partial charge in [0.15, 0.2) is 17.5 Å². The Hall–Kier alpha value is -1.56. The Kier molecular flexibility index (Phi) is 9.53. The van der Waals surface area contributed by atoms with E-state index >= 15 is 0 Å². The lowest BCUT2D eigenvalue weighted by atomic mass is 10.2. The van der Waals surface area contributed by atoms with Crippen LogP contribution < -0.4 is 20.1 Å². The highest BCUT2D eigenvalue weighted by Crippen LogP contribution is 2.32. The fourth-order valence-electron chi connectivity index (χ4n) is 3.09. The minimum atomic E-state index is 0.322. The van der Waals surface area contributed by atoms with Gasteiger partial charge in [0.2, 0.25) is 0 Å². The Morgan fingerprint density at radius 2 is 2.00 bits per heavy atom. The number of thioether (sulfide) groups is 1. The van der Waals surface area contributed by atoms with Crippen LogP contribution in [0.15, 0.2) is 23.2 Å². The second kappa shape index (κ2) is 11.9. The van der Waals surface area contributed by atoms with E-state index in [1.165, 1.54) is 25.0 Å². The Morgan fingerprint density at radius 3 is 2.69 bits per heavy atom. The number of ether oxygens (including phenoxy) is 2. The van der Waals surface area contributed by atoms with Crippen LogP contribution in [0.3, 0.4) is 0 Å². The first-order valence-electron chi connectivity index (χ1n) is 9.54. The molecular weight excluding hydrogens is 346 g/mol. The highest BCUT2D eigenvalue weighted by atomic mass is 32.2. The van der Waals surface area contributed by atoms with Crippen molar-refractivity contribution in [2.75, 3.05) is 32.7 Å². The Morgan fingerprint density at radius 1 is 1.19 bits per heavy atom. The first kappa shape index (κ1) is 20.7. The first-order chi connectivity index (χ1) is 12.8. The van der Waals surface area contributed by atoms with E-state index in [2.05, 4.69) is 34.0 Å². The maximum atomic E-state index is 6.17. The summed E-state index contributed by atoms with van der Waals surface area (Å²) >= 11 is 1.89. The third-order valence-corrected chi connectivity index (χ3v) is 5.27. The molecule has 0 radical (unpaired) electrons. The molecule has 0 saturated heterocycles. The number of hydrogen-bond acceptors (Lipinski definition) is 4. The highest BCUT2D eigenvalue weighted by Gasteiger charge is 2.18. The molecule has 0 aliphatic heterocycles. The van der Waals surface area contributed by atoms with Gasteiger partial charge >= 0.3 is 0 Å². The van der Waals surface area contributed by atoms with Gasteiger partial charge in [-0.05, 0) is 68.2 Å². The number of aliphatic imine (C=N–C) groups is 1. The molecule has 1 saturated carbocycles. The Balaban J connectivity index is 1.85. The summed E-state index contributed by atoms with van der Waals surface area (Å²) in [7, 11) is 3.50. The van der Waals surface area contributed by atoms with Crippen molar-refractivity contribution in [3.8, 4) is 11.5 Å². The molecule has 1 aliphatic rings. The molecule has 0 bridgehead atoms. The quantitative estimate of drug-likeness (QED) is 0.368. The molecule has 6 heteroatoms. The monoisotopic (exact) mass is 379 g/mol. The largest absolute Gasteiger partial charge is 0.493 e. The van der Waals surface area contributed by atoms with E-state index in [1.54, 1.807) is 14.2 Å². The molecule has 146 valence electrons. The zero-order valence-electron chi connectivity index (χ0n) is 16.3. The number of nitrogens with zero attached hydrogens (tertiary/aromatic N) is 1. The van der Waals surface area contributed by atoms with Crippen molar-refractivity contribution in [3.63, 3.8) is 0 Å². The van der Waals surface area contributed by atoms with E-state index < -0.39 is 0 Å². The second-order valence-electron chi connectivity index (χ2n) is 6.56. The number of hydrogen-bond donors (Lipinski definition) is 2. The van der Waals surface area contributed by atoms with Crippen molar-refractivity contribution in [1.82, 2.24) is 10.6 Å². The third kappa shape index (κ3) is 6.98. The predicted molar refractivity (Wildman–Crippen MR) is 112 cm³/mol. The molecule has 0 heterocycles. The number of rotatable bonds is 10. The third-order valence-electron chi connectivity index (χ3n) is 4.58. The second-order valence-corrected chi connectivity index (χ2v) is 7.55. The number of nitrogens with one attached hydrogen (secondary N) is 2. The van der Waals surface area contributed by atoms with Gasteiger partial charge in [-0.3, -0.25) is 4.99 Å². The molecule has 1 aromatic carbocycles. The molecule has 0 unspecified atom stereocenters. The van der Waals surface area contributed by atoms with Crippen molar-refractivity contribution in [2.24, 2.45) is 4.99 Å². The van der Waals surface area contributed by atoms with Gasteiger partial charge in [-0.25, -0.2) is 0 Å². The van der Waals surface area contributed by atoms with Crippen LogP contribution in [0.2, 0.25) is 0 Å². The lowest BCUT2D eigenvalue weighted by molar-refractivity contribution is 0.200. The number of guanidine groups is 1. The van der Waals surface area contributed by atoms with Crippen molar-refractivity contribution >= 4 is 17.7 Å². The zero-order chi connectivity index (χ0) is 18.6. The van der Waals surface area contributed by atoms with Gasteiger partial charge in [0.25, 0.3) is 0 Å². The summed E-state index contributed by atoms with van der Waals surface area (Å²) in [5.41, 5.74) is 1.16. The number of unbranched alkanes of at least 4 members (excludes halogenated alkanes) is 1. The molecule has 0 atom stereocenters. The molecule has 1 fully saturated rings.